The van der Waals surface area contributed by atoms with Crippen molar-refractivity contribution in [2.75, 3.05) is 6.61 Å². The van der Waals surface area contributed by atoms with Crippen molar-refractivity contribution in [1.29, 1.82) is 0 Å². The van der Waals surface area contributed by atoms with Crippen molar-refractivity contribution in [3.63, 3.8) is 0 Å². The van der Waals surface area contributed by atoms with E-state index in [1.807, 2.05) is 13.0 Å². The van der Waals surface area contributed by atoms with E-state index >= 15 is 0 Å². The Morgan fingerprint density at radius 3 is 2.40 bits per heavy atom. The fourth-order valence-corrected chi connectivity index (χ4v) is 1.32. The Balaban J connectivity index is 3.16. The Labute approximate surface area is 93.7 Å². The molecular weight excluding hydrogens is 188 g/mol. The standard InChI is InChI=1S/C13H24O2/c1-3-5-7-8-9-10-12-15-13(14)11-6-4-2/h6,11H,3-5,7-10,12H2,1-2H3/b11-6+. The molecule has 0 N–H and O–H groups in total. The van der Waals surface area contributed by atoms with Crippen LogP contribution in [0.2, 0.25) is 0 Å². The van der Waals surface area contributed by atoms with Crippen LogP contribution < -0.4 is 0 Å². The molecule has 0 aliphatic carbocycles. The first-order valence-electron chi connectivity index (χ1n) is 6.14. The number of ether oxygens (including phenoxy) is 1. The third kappa shape index (κ3) is 11.1. The molecule has 0 unspecified atom stereocenters. The van der Waals surface area contributed by atoms with Gasteiger partial charge >= 0.3 is 5.97 Å². The van der Waals surface area contributed by atoms with E-state index in [-0.39, 0.29) is 5.97 Å². The van der Waals surface area contributed by atoms with Gasteiger partial charge in [0.25, 0.3) is 0 Å². The Hall–Kier alpha value is -0.790. The summed E-state index contributed by atoms with van der Waals surface area (Å²) in [5, 5.41) is 0. The molecule has 0 atom stereocenters. The largest absolute Gasteiger partial charge is 0.463 e. The van der Waals surface area contributed by atoms with Crippen LogP contribution in [-0.2, 0) is 9.53 Å². The second-order valence-electron chi connectivity index (χ2n) is 3.75. The molecule has 0 spiro atoms. The first-order chi connectivity index (χ1) is 7.31. The lowest BCUT2D eigenvalue weighted by Gasteiger charge is -2.01. The van der Waals surface area contributed by atoms with Crippen LogP contribution in [0.15, 0.2) is 12.2 Å². The number of unbranched alkanes of at least 4 members (excludes halogenated alkanes) is 5. The molecule has 0 radical (unpaired) electrons. The van der Waals surface area contributed by atoms with E-state index < -0.39 is 0 Å². The fourth-order valence-electron chi connectivity index (χ4n) is 1.32. The molecule has 0 amide bonds. The summed E-state index contributed by atoms with van der Waals surface area (Å²) in [6.07, 6.45) is 11.5. The van der Waals surface area contributed by atoms with Gasteiger partial charge in [0.1, 0.15) is 0 Å². The zero-order chi connectivity index (χ0) is 11.4. The van der Waals surface area contributed by atoms with Crippen molar-refractivity contribution in [3.8, 4) is 0 Å². The summed E-state index contributed by atoms with van der Waals surface area (Å²) in [5.74, 6) is -0.203. The van der Waals surface area contributed by atoms with E-state index in [2.05, 4.69) is 6.92 Å². The highest BCUT2D eigenvalue weighted by Crippen LogP contribution is 2.04. The predicted molar refractivity (Wildman–Crippen MR) is 63.8 cm³/mol. The maximum Gasteiger partial charge on any atom is 0.330 e. The minimum atomic E-state index is -0.203. The number of hydrogen-bond acceptors (Lipinski definition) is 2. The van der Waals surface area contributed by atoms with Gasteiger partial charge in [0.05, 0.1) is 6.61 Å². The highest BCUT2D eigenvalue weighted by molar-refractivity contribution is 5.81. The summed E-state index contributed by atoms with van der Waals surface area (Å²) in [4.78, 5) is 11.0. The molecule has 88 valence electrons. The molecule has 0 fully saturated rings. The number of rotatable bonds is 9. The molecule has 0 rings (SSSR count). The lowest BCUT2D eigenvalue weighted by atomic mass is 10.1. The van der Waals surface area contributed by atoms with Gasteiger partial charge in [-0.05, 0) is 12.8 Å². The van der Waals surface area contributed by atoms with Crippen molar-refractivity contribution in [2.24, 2.45) is 0 Å². The van der Waals surface area contributed by atoms with Gasteiger partial charge in [-0.25, -0.2) is 4.79 Å². The summed E-state index contributed by atoms with van der Waals surface area (Å²) < 4.78 is 5.02. The van der Waals surface area contributed by atoms with Crippen LogP contribution in [0.1, 0.15) is 58.8 Å². The normalized spacial score (nSPS) is 10.8. The highest BCUT2D eigenvalue weighted by atomic mass is 16.5. The van der Waals surface area contributed by atoms with Crippen molar-refractivity contribution in [1.82, 2.24) is 0 Å². The molecular formula is C13H24O2. The number of hydrogen-bond donors (Lipinski definition) is 0. The molecule has 0 aromatic rings. The van der Waals surface area contributed by atoms with E-state index in [0.717, 1.165) is 12.8 Å². The van der Waals surface area contributed by atoms with Crippen LogP contribution in [0.4, 0.5) is 0 Å². The Kier molecular flexibility index (Phi) is 10.7. The minimum absolute atomic E-state index is 0.203. The molecule has 0 aromatic heterocycles. The van der Waals surface area contributed by atoms with Gasteiger partial charge in [0.15, 0.2) is 0 Å². The summed E-state index contributed by atoms with van der Waals surface area (Å²) in [6.45, 7) is 4.78. The molecule has 2 heteroatoms. The number of carbonyl (C=O) groups excluding carboxylic acids is 1. The van der Waals surface area contributed by atoms with Gasteiger partial charge in [-0.1, -0.05) is 52.0 Å². The molecule has 2 nitrogen and oxygen atoms in total. The van der Waals surface area contributed by atoms with Gasteiger partial charge in [0, 0.05) is 6.08 Å². The van der Waals surface area contributed by atoms with Gasteiger partial charge < -0.3 is 4.74 Å². The lowest BCUT2D eigenvalue weighted by Crippen LogP contribution is -2.02. The van der Waals surface area contributed by atoms with E-state index in [4.69, 9.17) is 4.74 Å². The number of carbonyl (C=O) groups is 1. The maximum atomic E-state index is 11.0. The first-order valence-corrected chi connectivity index (χ1v) is 6.14. The quantitative estimate of drug-likeness (QED) is 0.329. The van der Waals surface area contributed by atoms with Gasteiger partial charge in [0.2, 0.25) is 0 Å². The van der Waals surface area contributed by atoms with Crippen LogP contribution in [0, 0.1) is 0 Å². The highest BCUT2D eigenvalue weighted by Gasteiger charge is 1.95. The summed E-state index contributed by atoms with van der Waals surface area (Å²) >= 11 is 0. The molecule has 0 saturated carbocycles. The number of esters is 1. The van der Waals surface area contributed by atoms with E-state index in [9.17, 15) is 4.79 Å². The number of allylic oxidation sites excluding steroid dienone is 1. The van der Waals surface area contributed by atoms with E-state index in [0.29, 0.717) is 6.61 Å². The van der Waals surface area contributed by atoms with Crippen molar-refractivity contribution in [2.45, 2.75) is 58.8 Å². The first kappa shape index (κ1) is 14.2. The second-order valence-corrected chi connectivity index (χ2v) is 3.75. The van der Waals surface area contributed by atoms with Crippen LogP contribution in [0.3, 0.4) is 0 Å². The Bertz CT molecular complexity index is 173. The Morgan fingerprint density at radius 2 is 1.73 bits per heavy atom. The molecule has 0 heterocycles. The average molecular weight is 212 g/mol. The smallest absolute Gasteiger partial charge is 0.330 e. The monoisotopic (exact) mass is 212 g/mol. The van der Waals surface area contributed by atoms with Crippen LogP contribution >= 0.6 is 0 Å². The van der Waals surface area contributed by atoms with Gasteiger partial charge in [-0.15, -0.1) is 0 Å². The third-order valence-corrected chi connectivity index (χ3v) is 2.23. The van der Waals surface area contributed by atoms with Crippen molar-refractivity contribution in [3.05, 3.63) is 12.2 Å². The summed E-state index contributed by atoms with van der Waals surface area (Å²) in [6, 6.07) is 0. The van der Waals surface area contributed by atoms with Crippen LogP contribution in [-0.4, -0.2) is 12.6 Å². The topological polar surface area (TPSA) is 26.3 Å². The molecule has 0 aliphatic heterocycles. The molecule has 0 aromatic carbocycles. The van der Waals surface area contributed by atoms with Crippen LogP contribution in [0.5, 0.6) is 0 Å². The summed E-state index contributed by atoms with van der Waals surface area (Å²) in [7, 11) is 0. The Morgan fingerprint density at radius 1 is 1.07 bits per heavy atom. The predicted octanol–water partition coefficient (Wildman–Crippen LogP) is 3.86. The molecule has 0 saturated heterocycles. The van der Waals surface area contributed by atoms with Gasteiger partial charge in [-0.3, -0.25) is 0 Å². The molecule has 0 bridgehead atoms. The van der Waals surface area contributed by atoms with Crippen molar-refractivity contribution >= 4 is 5.97 Å². The second kappa shape index (κ2) is 11.3. The van der Waals surface area contributed by atoms with E-state index in [1.165, 1.54) is 38.2 Å². The van der Waals surface area contributed by atoms with Crippen LogP contribution in [0.25, 0.3) is 0 Å². The molecule has 0 aliphatic rings. The third-order valence-electron chi connectivity index (χ3n) is 2.23. The molecule has 15 heavy (non-hydrogen) atoms. The SMILES string of the molecule is CC/C=C/C(=O)OCCCCCCCC. The summed E-state index contributed by atoms with van der Waals surface area (Å²) in [5.41, 5.74) is 0. The minimum Gasteiger partial charge on any atom is -0.463 e. The maximum absolute atomic E-state index is 11.0. The zero-order valence-corrected chi connectivity index (χ0v) is 10.1. The van der Waals surface area contributed by atoms with E-state index in [1.54, 1.807) is 0 Å². The zero-order valence-electron chi connectivity index (χ0n) is 10.1. The fraction of sp³-hybridized carbons (Fsp3) is 0.769. The van der Waals surface area contributed by atoms with Gasteiger partial charge in [-0.2, -0.15) is 0 Å². The average Bonchev–Trinajstić information content (AvgIpc) is 2.25. The van der Waals surface area contributed by atoms with Crippen molar-refractivity contribution < 1.29 is 9.53 Å². The lowest BCUT2D eigenvalue weighted by molar-refractivity contribution is -0.137.